The van der Waals surface area contributed by atoms with Crippen LogP contribution >= 0.6 is 0 Å². The highest BCUT2D eigenvalue weighted by molar-refractivity contribution is 5.59. The average Bonchev–Trinajstić information content (AvgIpc) is 2.60. The van der Waals surface area contributed by atoms with E-state index in [1.54, 1.807) is 21.3 Å². The minimum absolute atomic E-state index is 0.0535. The van der Waals surface area contributed by atoms with Crippen molar-refractivity contribution < 1.29 is 18.9 Å². The Morgan fingerprint density at radius 1 is 0.870 bits per heavy atom. The van der Waals surface area contributed by atoms with E-state index in [1.165, 1.54) is 0 Å². The third-order valence-electron chi connectivity index (χ3n) is 3.38. The van der Waals surface area contributed by atoms with Crippen LogP contribution in [0, 0.1) is 0 Å². The van der Waals surface area contributed by atoms with Crippen molar-refractivity contribution in [2.75, 3.05) is 33.2 Å². The summed E-state index contributed by atoms with van der Waals surface area (Å²) in [5.74, 6) is 2.97. The van der Waals surface area contributed by atoms with Gasteiger partial charge in [-0.1, -0.05) is 12.1 Å². The second-order valence-corrected chi connectivity index (χ2v) is 5.03. The number of anilines is 1. The zero-order valence-electron chi connectivity index (χ0n) is 14.0. The van der Waals surface area contributed by atoms with Gasteiger partial charge in [-0.3, -0.25) is 0 Å². The number of rotatable bonds is 8. The Balaban J connectivity index is 2.00. The first-order valence-electron chi connectivity index (χ1n) is 7.43. The van der Waals surface area contributed by atoms with Crippen molar-refractivity contribution in [3.05, 3.63) is 42.5 Å². The maximum Gasteiger partial charge on any atom is 0.161 e. The second-order valence-electron chi connectivity index (χ2n) is 5.03. The quantitative estimate of drug-likeness (QED) is 0.806. The lowest BCUT2D eigenvalue weighted by Crippen LogP contribution is -2.23. The summed E-state index contributed by atoms with van der Waals surface area (Å²) in [6.45, 7) is 2.60. The van der Waals surface area contributed by atoms with Crippen molar-refractivity contribution in [2.45, 2.75) is 13.0 Å². The van der Waals surface area contributed by atoms with Gasteiger partial charge in [-0.05, 0) is 31.2 Å². The summed E-state index contributed by atoms with van der Waals surface area (Å²) in [4.78, 5) is 0. The van der Waals surface area contributed by atoms with Crippen molar-refractivity contribution in [1.82, 2.24) is 0 Å². The van der Waals surface area contributed by atoms with Gasteiger partial charge in [0.1, 0.15) is 17.6 Å². The molecule has 0 radical (unpaired) electrons. The topological polar surface area (TPSA) is 49.0 Å². The summed E-state index contributed by atoms with van der Waals surface area (Å²) in [5.41, 5.74) is 0.863. The van der Waals surface area contributed by atoms with Gasteiger partial charge in [-0.2, -0.15) is 0 Å². The van der Waals surface area contributed by atoms with Crippen molar-refractivity contribution in [1.29, 1.82) is 0 Å². The van der Waals surface area contributed by atoms with E-state index in [2.05, 4.69) is 5.32 Å². The Bertz CT molecular complexity index is 630. The number of benzene rings is 2. The van der Waals surface area contributed by atoms with Crippen LogP contribution in [0.1, 0.15) is 6.92 Å². The Labute approximate surface area is 137 Å². The fourth-order valence-electron chi connectivity index (χ4n) is 2.18. The van der Waals surface area contributed by atoms with Crippen LogP contribution in [-0.4, -0.2) is 34.0 Å². The predicted molar refractivity (Wildman–Crippen MR) is 91.1 cm³/mol. The first-order valence-corrected chi connectivity index (χ1v) is 7.43. The molecule has 0 fully saturated rings. The van der Waals surface area contributed by atoms with Crippen LogP contribution in [0.2, 0.25) is 0 Å². The van der Waals surface area contributed by atoms with Crippen molar-refractivity contribution >= 4 is 5.69 Å². The van der Waals surface area contributed by atoms with E-state index in [-0.39, 0.29) is 6.10 Å². The Morgan fingerprint density at radius 3 is 2.22 bits per heavy atom. The Kier molecular flexibility index (Phi) is 5.97. The average molecular weight is 317 g/mol. The number of ether oxygens (including phenoxy) is 4. The highest BCUT2D eigenvalue weighted by atomic mass is 16.5. The molecule has 0 aliphatic heterocycles. The molecule has 0 aliphatic carbocycles. The molecule has 0 aromatic heterocycles. The molecule has 23 heavy (non-hydrogen) atoms. The summed E-state index contributed by atoms with van der Waals surface area (Å²) in [6.07, 6.45) is -0.0535. The van der Waals surface area contributed by atoms with Gasteiger partial charge < -0.3 is 24.3 Å². The molecule has 2 rings (SSSR count). The summed E-state index contributed by atoms with van der Waals surface area (Å²) in [6, 6.07) is 13.2. The highest BCUT2D eigenvalue weighted by Gasteiger charge is 2.10. The molecule has 0 saturated heterocycles. The number of nitrogens with one attached hydrogen (secondary N) is 1. The van der Waals surface area contributed by atoms with Crippen molar-refractivity contribution in [3.8, 4) is 23.0 Å². The molecule has 0 bridgehead atoms. The molecule has 0 saturated carbocycles. The molecule has 2 aromatic rings. The fourth-order valence-corrected chi connectivity index (χ4v) is 2.18. The molecular formula is C18H23NO4. The summed E-state index contributed by atoms with van der Waals surface area (Å²) < 4.78 is 21.8. The highest BCUT2D eigenvalue weighted by Crippen LogP contribution is 2.30. The first-order chi connectivity index (χ1) is 11.2. The van der Waals surface area contributed by atoms with Crippen LogP contribution in [0.5, 0.6) is 23.0 Å². The molecule has 2 aromatic carbocycles. The van der Waals surface area contributed by atoms with Gasteiger partial charge in [-0.25, -0.2) is 0 Å². The second kappa shape index (κ2) is 8.17. The van der Waals surface area contributed by atoms with E-state index in [9.17, 15) is 0 Å². The molecule has 0 heterocycles. The van der Waals surface area contributed by atoms with Gasteiger partial charge in [0.2, 0.25) is 0 Å². The lowest BCUT2D eigenvalue weighted by atomic mass is 10.2. The van der Waals surface area contributed by atoms with Crippen molar-refractivity contribution in [2.24, 2.45) is 0 Å². The van der Waals surface area contributed by atoms with Gasteiger partial charge >= 0.3 is 0 Å². The molecule has 0 spiro atoms. The molecule has 5 nitrogen and oxygen atoms in total. The standard InChI is InChI=1S/C18H23NO4/c1-13(23-18-8-6-5-7-17(18)22-4)12-19-15-11-14(20-2)9-10-16(15)21-3/h5-11,13,19H,12H2,1-4H3. The molecule has 124 valence electrons. The molecule has 1 N–H and O–H groups in total. The Morgan fingerprint density at radius 2 is 1.57 bits per heavy atom. The number of para-hydroxylation sites is 2. The van der Waals surface area contributed by atoms with E-state index < -0.39 is 0 Å². The third-order valence-corrected chi connectivity index (χ3v) is 3.38. The molecule has 0 aliphatic rings. The van der Waals surface area contributed by atoms with Crippen LogP contribution in [0.3, 0.4) is 0 Å². The predicted octanol–water partition coefficient (Wildman–Crippen LogP) is 3.59. The van der Waals surface area contributed by atoms with Gasteiger partial charge in [0.25, 0.3) is 0 Å². The Hall–Kier alpha value is -2.56. The number of hydrogen-bond donors (Lipinski definition) is 1. The summed E-state index contributed by atoms with van der Waals surface area (Å²) in [7, 11) is 4.91. The largest absolute Gasteiger partial charge is 0.497 e. The van der Waals surface area contributed by atoms with Crippen LogP contribution in [0.25, 0.3) is 0 Å². The first kappa shape index (κ1) is 16.8. The monoisotopic (exact) mass is 317 g/mol. The maximum atomic E-state index is 5.93. The van der Waals surface area contributed by atoms with Crippen molar-refractivity contribution in [3.63, 3.8) is 0 Å². The molecule has 0 amide bonds. The molecule has 1 atom stereocenters. The van der Waals surface area contributed by atoms with E-state index in [1.807, 2.05) is 49.4 Å². The third kappa shape index (κ3) is 4.45. The van der Waals surface area contributed by atoms with Crippen LogP contribution < -0.4 is 24.3 Å². The molecule has 1 unspecified atom stereocenters. The summed E-state index contributed by atoms with van der Waals surface area (Å²) in [5, 5.41) is 3.33. The normalized spacial score (nSPS) is 11.5. The van der Waals surface area contributed by atoms with E-state index >= 15 is 0 Å². The lowest BCUT2D eigenvalue weighted by Gasteiger charge is -2.19. The number of hydrogen-bond acceptors (Lipinski definition) is 5. The van der Waals surface area contributed by atoms with Crippen LogP contribution in [-0.2, 0) is 0 Å². The lowest BCUT2D eigenvalue weighted by molar-refractivity contribution is 0.223. The zero-order valence-corrected chi connectivity index (χ0v) is 14.0. The maximum absolute atomic E-state index is 5.93. The van der Waals surface area contributed by atoms with E-state index in [0.717, 1.165) is 28.7 Å². The number of methoxy groups -OCH3 is 3. The van der Waals surface area contributed by atoms with Gasteiger partial charge in [-0.15, -0.1) is 0 Å². The SMILES string of the molecule is COc1ccc(OC)c(NCC(C)Oc2ccccc2OC)c1. The minimum atomic E-state index is -0.0535. The fraction of sp³-hybridized carbons (Fsp3) is 0.333. The van der Waals surface area contributed by atoms with Crippen LogP contribution in [0.4, 0.5) is 5.69 Å². The van der Waals surface area contributed by atoms with Gasteiger partial charge in [0.05, 0.1) is 33.6 Å². The summed E-state index contributed by atoms with van der Waals surface area (Å²) >= 11 is 0. The molecule has 5 heteroatoms. The zero-order chi connectivity index (χ0) is 16.7. The van der Waals surface area contributed by atoms with E-state index in [0.29, 0.717) is 6.54 Å². The van der Waals surface area contributed by atoms with Crippen LogP contribution in [0.15, 0.2) is 42.5 Å². The smallest absolute Gasteiger partial charge is 0.161 e. The van der Waals surface area contributed by atoms with Gasteiger partial charge in [0.15, 0.2) is 11.5 Å². The molecular weight excluding hydrogens is 294 g/mol. The van der Waals surface area contributed by atoms with Gasteiger partial charge in [0, 0.05) is 6.07 Å². The van der Waals surface area contributed by atoms with E-state index in [4.69, 9.17) is 18.9 Å². The minimum Gasteiger partial charge on any atom is -0.497 e.